The third-order valence-corrected chi connectivity index (χ3v) is 2.17. The standard InChI is InChI=1S/C10H18N4O/c1-8(11)4-5-14-6-9(2)12-10(14)13(3)7-15/h6-8H,4-5,11H2,1-3H3. The number of amides is 1. The van der Waals surface area contributed by atoms with E-state index in [1.165, 1.54) is 4.90 Å². The molecular formula is C10H18N4O. The lowest BCUT2D eigenvalue weighted by molar-refractivity contribution is -0.107. The van der Waals surface area contributed by atoms with Crippen LogP contribution in [0.4, 0.5) is 5.95 Å². The molecular weight excluding hydrogens is 192 g/mol. The van der Waals surface area contributed by atoms with Crippen LogP contribution in [0.1, 0.15) is 19.0 Å². The van der Waals surface area contributed by atoms with E-state index >= 15 is 0 Å². The van der Waals surface area contributed by atoms with Crippen molar-refractivity contribution in [1.82, 2.24) is 9.55 Å². The van der Waals surface area contributed by atoms with Crippen molar-refractivity contribution >= 4 is 12.4 Å². The second kappa shape index (κ2) is 4.93. The largest absolute Gasteiger partial charge is 0.328 e. The van der Waals surface area contributed by atoms with Crippen LogP contribution in [-0.4, -0.2) is 29.1 Å². The van der Waals surface area contributed by atoms with Gasteiger partial charge in [-0.25, -0.2) is 4.98 Å². The molecule has 1 unspecified atom stereocenters. The van der Waals surface area contributed by atoms with E-state index in [9.17, 15) is 4.79 Å². The molecule has 0 bridgehead atoms. The summed E-state index contributed by atoms with van der Waals surface area (Å²) in [5, 5.41) is 0. The van der Waals surface area contributed by atoms with Crippen LogP contribution in [0.15, 0.2) is 6.20 Å². The Bertz CT molecular complexity index is 332. The minimum absolute atomic E-state index is 0.155. The van der Waals surface area contributed by atoms with E-state index in [1.54, 1.807) is 7.05 Å². The van der Waals surface area contributed by atoms with Crippen LogP contribution in [0.5, 0.6) is 0 Å². The third kappa shape index (κ3) is 3.06. The monoisotopic (exact) mass is 210 g/mol. The fourth-order valence-electron chi connectivity index (χ4n) is 1.37. The van der Waals surface area contributed by atoms with Crippen molar-refractivity contribution in [3.63, 3.8) is 0 Å². The zero-order chi connectivity index (χ0) is 11.4. The first-order valence-electron chi connectivity index (χ1n) is 5.02. The molecule has 0 aliphatic rings. The Labute approximate surface area is 89.9 Å². The molecule has 0 saturated carbocycles. The molecule has 0 aliphatic heterocycles. The van der Waals surface area contributed by atoms with Gasteiger partial charge in [0, 0.05) is 25.8 Å². The average molecular weight is 210 g/mol. The van der Waals surface area contributed by atoms with E-state index in [0.717, 1.165) is 25.1 Å². The number of hydrogen-bond acceptors (Lipinski definition) is 3. The highest BCUT2D eigenvalue weighted by atomic mass is 16.1. The lowest BCUT2D eigenvalue weighted by Crippen LogP contribution is -2.22. The highest BCUT2D eigenvalue weighted by Crippen LogP contribution is 2.12. The van der Waals surface area contributed by atoms with Crippen molar-refractivity contribution in [2.45, 2.75) is 32.9 Å². The van der Waals surface area contributed by atoms with E-state index in [0.29, 0.717) is 5.95 Å². The van der Waals surface area contributed by atoms with Gasteiger partial charge < -0.3 is 10.3 Å². The van der Waals surface area contributed by atoms with Gasteiger partial charge in [0.2, 0.25) is 12.4 Å². The van der Waals surface area contributed by atoms with Gasteiger partial charge in [-0.2, -0.15) is 0 Å². The molecule has 1 atom stereocenters. The van der Waals surface area contributed by atoms with E-state index in [4.69, 9.17) is 5.73 Å². The van der Waals surface area contributed by atoms with Crippen LogP contribution in [0.2, 0.25) is 0 Å². The SMILES string of the molecule is Cc1cn(CCC(C)N)c(N(C)C=O)n1. The number of aryl methyl sites for hydroxylation is 2. The molecule has 5 nitrogen and oxygen atoms in total. The minimum Gasteiger partial charge on any atom is -0.328 e. The van der Waals surface area contributed by atoms with Crippen LogP contribution < -0.4 is 10.6 Å². The fourth-order valence-corrected chi connectivity index (χ4v) is 1.37. The van der Waals surface area contributed by atoms with Crippen LogP contribution in [0.25, 0.3) is 0 Å². The molecule has 0 aliphatic carbocycles. The van der Waals surface area contributed by atoms with Crippen LogP contribution in [0, 0.1) is 6.92 Å². The van der Waals surface area contributed by atoms with Crippen molar-refractivity contribution in [3.8, 4) is 0 Å². The molecule has 1 heterocycles. The summed E-state index contributed by atoms with van der Waals surface area (Å²) in [6.45, 7) is 4.66. The molecule has 1 aromatic heterocycles. The predicted molar refractivity (Wildman–Crippen MR) is 59.7 cm³/mol. The normalized spacial score (nSPS) is 12.5. The molecule has 0 aromatic carbocycles. The molecule has 0 radical (unpaired) electrons. The summed E-state index contributed by atoms with van der Waals surface area (Å²) in [7, 11) is 1.69. The second-order valence-corrected chi connectivity index (χ2v) is 3.86. The first kappa shape index (κ1) is 11.7. The summed E-state index contributed by atoms with van der Waals surface area (Å²) in [4.78, 5) is 16.4. The number of anilines is 1. The van der Waals surface area contributed by atoms with E-state index in [1.807, 2.05) is 24.6 Å². The average Bonchev–Trinajstić information content (AvgIpc) is 2.55. The molecule has 5 heteroatoms. The fraction of sp³-hybridized carbons (Fsp3) is 0.600. The quantitative estimate of drug-likeness (QED) is 0.721. The molecule has 1 amide bonds. The molecule has 0 fully saturated rings. The maximum absolute atomic E-state index is 10.7. The summed E-state index contributed by atoms with van der Waals surface area (Å²) in [6.07, 6.45) is 3.55. The van der Waals surface area contributed by atoms with Gasteiger partial charge in [0.15, 0.2) is 0 Å². The van der Waals surface area contributed by atoms with Gasteiger partial charge in [0.05, 0.1) is 5.69 Å². The zero-order valence-corrected chi connectivity index (χ0v) is 9.47. The highest BCUT2D eigenvalue weighted by Gasteiger charge is 2.09. The Morgan fingerprint density at radius 3 is 2.93 bits per heavy atom. The lowest BCUT2D eigenvalue weighted by Gasteiger charge is -2.13. The van der Waals surface area contributed by atoms with Gasteiger partial charge in [-0.1, -0.05) is 0 Å². The van der Waals surface area contributed by atoms with Gasteiger partial charge in [-0.15, -0.1) is 0 Å². The second-order valence-electron chi connectivity index (χ2n) is 3.86. The van der Waals surface area contributed by atoms with Crippen molar-refractivity contribution in [2.75, 3.05) is 11.9 Å². The number of hydrogen-bond donors (Lipinski definition) is 1. The number of carbonyl (C=O) groups excluding carboxylic acids is 1. The minimum atomic E-state index is 0.155. The van der Waals surface area contributed by atoms with E-state index in [2.05, 4.69) is 4.98 Å². The maximum atomic E-state index is 10.7. The van der Waals surface area contributed by atoms with Crippen LogP contribution in [0.3, 0.4) is 0 Å². The van der Waals surface area contributed by atoms with Crippen molar-refractivity contribution in [3.05, 3.63) is 11.9 Å². The summed E-state index contributed by atoms with van der Waals surface area (Å²) in [5.74, 6) is 0.670. The molecule has 1 rings (SSSR count). The first-order chi connectivity index (χ1) is 7.04. The Morgan fingerprint density at radius 1 is 1.73 bits per heavy atom. The Hall–Kier alpha value is -1.36. The van der Waals surface area contributed by atoms with Gasteiger partial charge >= 0.3 is 0 Å². The molecule has 84 valence electrons. The Morgan fingerprint density at radius 2 is 2.40 bits per heavy atom. The van der Waals surface area contributed by atoms with E-state index < -0.39 is 0 Å². The Balaban J connectivity index is 2.81. The van der Waals surface area contributed by atoms with Gasteiger partial charge in [0.25, 0.3) is 0 Å². The van der Waals surface area contributed by atoms with Crippen molar-refractivity contribution < 1.29 is 4.79 Å². The summed E-state index contributed by atoms with van der Waals surface area (Å²) in [6, 6.07) is 0.155. The summed E-state index contributed by atoms with van der Waals surface area (Å²) < 4.78 is 1.95. The number of rotatable bonds is 5. The van der Waals surface area contributed by atoms with Crippen molar-refractivity contribution in [1.29, 1.82) is 0 Å². The highest BCUT2D eigenvalue weighted by molar-refractivity contribution is 5.70. The Kier molecular flexibility index (Phi) is 3.85. The number of aromatic nitrogens is 2. The molecule has 1 aromatic rings. The van der Waals surface area contributed by atoms with Gasteiger partial charge in [-0.3, -0.25) is 9.69 Å². The smallest absolute Gasteiger partial charge is 0.216 e. The van der Waals surface area contributed by atoms with Gasteiger partial charge in [0.1, 0.15) is 0 Å². The maximum Gasteiger partial charge on any atom is 0.216 e. The number of carbonyl (C=O) groups is 1. The number of nitrogens with zero attached hydrogens (tertiary/aromatic N) is 3. The van der Waals surface area contributed by atoms with Crippen LogP contribution in [-0.2, 0) is 11.3 Å². The summed E-state index contributed by atoms with van der Waals surface area (Å²) in [5.41, 5.74) is 6.59. The zero-order valence-electron chi connectivity index (χ0n) is 9.47. The molecule has 0 saturated heterocycles. The molecule has 15 heavy (non-hydrogen) atoms. The van der Waals surface area contributed by atoms with Crippen LogP contribution >= 0.6 is 0 Å². The molecule has 0 spiro atoms. The first-order valence-corrected chi connectivity index (χ1v) is 5.02. The third-order valence-electron chi connectivity index (χ3n) is 2.17. The molecule has 2 N–H and O–H groups in total. The van der Waals surface area contributed by atoms with Gasteiger partial charge in [-0.05, 0) is 20.3 Å². The van der Waals surface area contributed by atoms with Crippen molar-refractivity contribution in [2.24, 2.45) is 5.73 Å². The number of nitrogens with two attached hydrogens (primary N) is 1. The summed E-state index contributed by atoms with van der Waals surface area (Å²) >= 11 is 0. The predicted octanol–water partition coefficient (Wildman–Crippen LogP) is 0.521. The van der Waals surface area contributed by atoms with E-state index in [-0.39, 0.29) is 6.04 Å². The number of imidazole rings is 1. The topological polar surface area (TPSA) is 64.2 Å². The lowest BCUT2D eigenvalue weighted by atomic mass is 10.2.